The third-order valence-corrected chi connectivity index (χ3v) is 0.649. The first-order valence-corrected chi connectivity index (χ1v) is 2.74. The zero-order chi connectivity index (χ0) is 7.98. The summed E-state index contributed by atoms with van der Waals surface area (Å²) in [6.45, 7) is 1.90. The van der Waals surface area contributed by atoms with Gasteiger partial charge in [0.15, 0.2) is 0 Å². The number of ether oxygens (including phenoxy) is 1. The molecule has 0 atom stereocenters. The van der Waals surface area contributed by atoms with Crippen molar-refractivity contribution >= 4 is 11.9 Å². The minimum Gasteiger partial charge on any atom is -0.478 e. The fourth-order valence-electron chi connectivity index (χ4n) is 0.330. The Hall–Kier alpha value is -0.580. The minimum absolute atomic E-state index is 0. The van der Waals surface area contributed by atoms with Gasteiger partial charge in [-0.3, -0.25) is 0 Å². The summed E-state index contributed by atoms with van der Waals surface area (Å²) in [5, 5.41) is 8.04. The standard InChI is InChI=1S/C6H8O4.Ag/c1-2-10-6(9)4-3-5(7)8;/h3-4H,2H2,1H3,(H,7,8);/b4-3+;. The smallest absolute Gasteiger partial charge is 0.330 e. The Morgan fingerprint density at radius 2 is 2.00 bits per heavy atom. The molecule has 0 rings (SSSR count). The van der Waals surface area contributed by atoms with Gasteiger partial charge < -0.3 is 9.84 Å². The molecule has 0 aromatic carbocycles. The molecular formula is C6H8AgO4. The van der Waals surface area contributed by atoms with E-state index in [1.54, 1.807) is 6.92 Å². The number of rotatable bonds is 3. The predicted molar refractivity (Wildman–Crippen MR) is 33.4 cm³/mol. The van der Waals surface area contributed by atoms with Crippen LogP contribution in [0.1, 0.15) is 6.92 Å². The Balaban J connectivity index is 0. The zero-order valence-corrected chi connectivity index (χ0v) is 7.32. The molecule has 0 aromatic rings. The van der Waals surface area contributed by atoms with Crippen LogP contribution < -0.4 is 0 Å². The van der Waals surface area contributed by atoms with Crippen molar-refractivity contribution in [3.05, 3.63) is 12.2 Å². The second-order valence-electron chi connectivity index (χ2n) is 1.42. The van der Waals surface area contributed by atoms with Crippen LogP contribution >= 0.6 is 0 Å². The SMILES string of the molecule is CCOC(=O)/C=C/C(=O)O.[Ag]. The van der Waals surface area contributed by atoms with E-state index < -0.39 is 11.9 Å². The van der Waals surface area contributed by atoms with Gasteiger partial charge >= 0.3 is 11.9 Å². The van der Waals surface area contributed by atoms with Crippen molar-refractivity contribution < 1.29 is 41.8 Å². The van der Waals surface area contributed by atoms with E-state index in [1.807, 2.05) is 0 Å². The Morgan fingerprint density at radius 3 is 2.36 bits per heavy atom. The van der Waals surface area contributed by atoms with Gasteiger partial charge in [-0.1, -0.05) is 0 Å². The normalized spacial score (nSPS) is 8.82. The van der Waals surface area contributed by atoms with Crippen molar-refractivity contribution in [2.75, 3.05) is 6.61 Å². The van der Waals surface area contributed by atoms with Crippen LogP contribution in [0, 0.1) is 0 Å². The van der Waals surface area contributed by atoms with Gasteiger partial charge in [-0.05, 0) is 6.92 Å². The van der Waals surface area contributed by atoms with Gasteiger partial charge in [0.25, 0.3) is 0 Å². The number of esters is 1. The summed E-state index contributed by atoms with van der Waals surface area (Å²) in [7, 11) is 0. The zero-order valence-electron chi connectivity index (χ0n) is 5.84. The molecule has 1 N–H and O–H groups in total. The van der Waals surface area contributed by atoms with Crippen LogP contribution in [0.25, 0.3) is 0 Å². The Bertz CT molecular complexity index is 164. The fourth-order valence-corrected chi connectivity index (χ4v) is 0.330. The van der Waals surface area contributed by atoms with Gasteiger partial charge in [0.05, 0.1) is 6.61 Å². The summed E-state index contributed by atoms with van der Waals surface area (Å²) in [6, 6.07) is 0. The molecule has 0 fully saturated rings. The van der Waals surface area contributed by atoms with E-state index in [9.17, 15) is 9.59 Å². The summed E-state index contributed by atoms with van der Waals surface area (Å²) in [5.41, 5.74) is 0. The molecule has 4 nitrogen and oxygen atoms in total. The van der Waals surface area contributed by atoms with E-state index in [0.717, 1.165) is 12.2 Å². The van der Waals surface area contributed by atoms with Gasteiger partial charge in [-0.25, -0.2) is 9.59 Å². The number of carboxylic acid groups (broad SMARTS) is 1. The first-order chi connectivity index (χ1) is 4.66. The van der Waals surface area contributed by atoms with Gasteiger partial charge in [-0.15, -0.1) is 0 Å². The molecule has 0 saturated heterocycles. The van der Waals surface area contributed by atoms with Gasteiger partial charge in [0.2, 0.25) is 0 Å². The van der Waals surface area contributed by atoms with Crippen LogP contribution in [-0.4, -0.2) is 23.7 Å². The first-order valence-electron chi connectivity index (χ1n) is 2.74. The molecule has 67 valence electrons. The maximum Gasteiger partial charge on any atom is 0.330 e. The first kappa shape index (κ1) is 13.0. The number of carbonyl (C=O) groups excluding carboxylic acids is 1. The maximum atomic E-state index is 10.4. The third kappa shape index (κ3) is 9.42. The van der Waals surface area contributed by atoms with E-state index in [4.69, 9.17) is 5.11 Å². The molecule has 1 radical (unpaired) electrons. The molecular weight excluding hydrogens is 244 g/mol. The molecule has 5 heteroatoms. The molecule has 0 spiro atoms. The second kappa shape index (κ2) is 7.53. The van der Waals surface area contributed by atoms with Gasteiger partial charge in [-0.2, -0.15) is 0 Å². The third-order valence-electron chi connectivity index (χ3n) is 0.649. The number of hydrogen-bond donors (Lipinski definition) is 1. The topological polar surface area (TPSA) is 63.6 Å². The van der Waals surface area contributed by atoms with E-state index in [1.165, 1.54) is 0 Å². The summed E-state index contributed by atoms with van der Waals surface area (Å²) in [6.07, 6.45) is 1.60. The molecule has 0 aromatic heterocycles. The van der Waals surface area contributed by atoms with Gasteiger partial charge in [0.1, 0.15) is 0 Å². The van der Waals surface area contributed by atoms with Crippen LogP contribution in [0.5, 0.6) is 0 Å². The van der Waals surface area contributed by atoms with E-state index in [2.05, 4.69) is 4.74 Å². The van der Waals surface area contributed by atoms with Crippen LogP contribution in [0.3, 0.4) is 0 Å². The Morgan fingerprint density at radius 1 is 1.45 bits per heavy atom. The largest absolute Gasteiger partial charge is 0.478 e. The summed E-state index contributed by atoms with van der Waals surface area (Å²) in [5.74, 6) is -1.79. The van der Waals surface area contributed by atoms with Crippen LogP contribution in [0.2, 0.25) is 0 Å². The van der Waals surface area contributed by atoms with E-state index in [-0.39, 0.29) is 29.0 Å². The fraction of sp³-hybridized carbons (Fsp3) is 0.333. The molecule has 0 heterocycles. The number of hydrogen-bond acceptors (Lipinski definition) is 3. The van der Waals surface area contributed by atoms with Crippen molar-refractivity contribution in [3.63, 3.8) is 0 Å². The molecule has 0 aliphatic heterocycles. The van der Waals surface area contributed by atoms with Crippen LogP contribution in [0.4, 0.5) is 0 Å². The molecule has 0 aliphatic carbocycles. The Kier molecular flexibility index (Phi) is 8.92. The summed E-state index contributed by atoms with van der Waals surface area (Å²) < 4.78 is 4.40. The van der Waals surface area contributed by atoms with Crippen LogP contribution in [-0.2, 0) is 36.7 Å². The molecule has 0 aliphatic rings. The van der Waals surface area contributed by atoms with Crippen molar-refractivity contribution in [2.45, 2.75) is 6.92 Å². The average Bonchev–Trinajstić information content (AvgIpc) is 1.85. The quantitative estimate of drug-likeness (QED) is 0.442. The molecule has 11 heavy (non-hydrogen) atoms. The summed E-state index contributed by atoms with van der Waals surface area (Å²) >= 11 is 0. The van der Waals surface area contributed by atoms with E-state index in [0.29, 0.717) is 0 Å². The van der Waals surface area contributed by atoms with Crippen LogP contribution in [0.15, 0.2) is 12.2 Å². The average molecular weight is 252 g/mol. The Labute approximate surface area is 79.7 Å². The minimum atomic E-state index is -1.16. The van der Waals surface area contributed by atoms with Gasteiger partial charge in [0, 0.05) is 34.5 Å². The van der Waals surface area contributed by atoms with Crippen molar-refractivity contribution in [2.24, 2.45) is 0 Å². The number of aliphatic carboxylic acids is 1. The second-order valence-corrected chi connectivity index (χ2v) is 1.42. The monoisotopic (exact) mass is 251 g/mol. The summed E-state index contributed by atoms with van der Waals surface area (Å²) in [4.78, 5) is 20.2. The number of carboxylic acids is 1. The molecule has 0 amide bonds. The van der Waals surface area contributed by atoms with Crippen molar-refractivity contribution in [1.82, 2.24) is 0 Å². The maximum absolute atomic E-state index is 10.4. The van der Waals surface area contributed by atoms with E-state index >= 15 is 0 Å². The van der Waals surface area contributed by atoms with Crippen molar-refractivity contribution in [3.8, 4) is 0 Å². The molecule has 0 saturated carbocycles. The molecule has 0 unspecified atom stereocenters. The number of carbonyl (C=O) groups is 2. The van der Waals surface area contributed by atoms with Crippen molar-refractivity contribution in [1.29, 1.82) is 0 Å². The predicted octanol–water partition coefficient (Wildman–Crippen LogP) is 0.188. The molecule has 0 bridgehead atoms.